The summed E-state index contributed by atoms with van der Waals surface area (Å²) in [6.45, 7) is 2.70. The fourth-order valence-corrected chi connectivity index (χ4v) is 2.08. The van der Waals surface area contributed by atoms with Gasteiger partial charge in [-0.05, 0) is 18.6 Å². The second-order valence-corrected chi connectivity index (χ2v) is 4.68. The van der Waals surface area contributed by atoms with Crippen LogP contribution >= 0.6 is 11.3 Å². The third-order valence-corrected chi connectivity index (χ3v) is 3.09. The van der Waals surface area contributed by atoms with Gasteiger partial charge in [-0.25, -0.2) is 4.98 Å². The van der Waals surface area contributed by atoms with Gasteiger partial charge < -0.3 is 10.6 Å². The number of nitrogens with zero attached hydrogens (tertiary/aromatic N) is 2. The second-order valence-electron chi connectivity index (χ2n) is 3.65. The largest absolute Gasteiger partial charge is 0.351 e. The quantitative estimate of drug-likeness (QED) is 0.868. The van der Waals surface area contributed by atoms with E-state index in [4.69, 9.17) is 0 Å². The van der Waals surface area contributed by atoms with Crippen LogP contribution in [-0.4, -0.2) is 22.4 Å². The van der Waals surface area contributed by atoms with Gasteiger partial charge >= 0.3 is 0 Å². The summed E-state index contributed by atoms with van der Waals surface area (Å²) in [6.07, 6.45) is 5.91. The van der Waals surface area contributed by atoms with Gasteiger partial charge in [0.15, 0.2) is 5.13 Å². The average molecular weight is 262 g/mol. The maximum absolute atomic E-state index is 11.7. The molecule has 0 aliphatic carbocycles. The molecule has 6 heteroatoms. The van der Waals surface area contributed by atoms with Crippen LogP contribution in [0.4, 0.5) is 10.8 Å². The Morgan fingerprint density at radius 2 is 2.33 bits per heavy atom. The van der Waals surface area contributed by atoms with Gasteiger partial charge in [0.2, 0.25) is 0 Å². The Labute approximate surface area is 109 Å². The number of hydrogen-bond acceptors (Lipinski definition) is 5. The van der Waals surface area contributed by atoms with Gasteiger partial charge in [-0.3, -0.25) is 9.78 Å². The van der Waals surface area contributed by atoms with Gasteiger partial charge in [-0.1, -0.05) is 18.3 Å². The van der Waals surface area contributed by atoms with E-state index >= 15 is 0 Å². The highest BCUT2D eigenvalue weighted by Crippen LogP contribution is 2.21. The van der Waals surface area contributed by atoms with Crippen LogP contribution in [0.3, 0.4) is 0 Å². The lowest BCUT2D eigenvalue weighted by molar-refractivity contribution is 0.0957. The van der Waals surface area contributed by atoms with Crippen molar-refractivity contribution < 1.29 is 4.79 Å². The molecule has 5 nitrogen and oxygen atoms in total. The summed E-state index contributed by atoms with van der Waals surface area (Å²) in [4.78, 5) is 20.5. The highest BCUT2D eigenvalue weighted by molar-refractivity contribution is 7.17. The van der Waals surface area contributed by atoms with Crippen molar-refractivity contribution in [1.82, 2.24) is 15.3 Å². The van der Waals surface area contributed by atoms with Gasteiger partial charge in [0.25, 0.3) is 5.91 Å². The fourth-order valence-electron chi connectivity index (χ4n) is 1.32. The molecule has 0 aliphatic heterocycles. The van der Waals surface area contributed by atoms with E-state index in [1.807, 2.05) is 19.1 Å². The predicted molar refractivity (Wildman–Crippen MR) is 72.3 cm³/mol. The number of aromatic nitrogens is 2. The topological polar surface area (TPSA) is 66.9 Å². The summed E-state index contributed by atoms with van der Waals surface area (Å²) in [5.74, 6) is -0.0754. The second kappa shape index (κ2) is 6.11. The normalized spacial score (nSPS) is 10.1. The molecule has 0 fully saturated rings. The van der Waals surface area contributed by atoms with Crippen LogP contribution in [0.15, 0.2) is 30.7 Å². The summed E-state index contributed by atoms with van der Waals surface area (Å²) in [5.41, 5.74) is 0.854. The number of anilines is 2. The van der Waals surface area contributed by atoms with Gasteiger partial charge in [0, 0.05) is 12.7 Å². The van der Waals surface area contributed by atoms with E-state index in [0.717, 1.165) is 12.1 Å². The minimum Gasteiger partial charge on any atom is -0.351 e. The molecule has 0 spiro atoms. The number of pyridine rings is 1. The Hall–Kier alpha value is -1.95. The van der Waals surface area contributed by atoms with E-state index in [-0.39, 0.29) is 5.91 Å². The molecule has 2 aromatic heterocycles. The van der Waals surface area contributed by atoms with Gasteiger partial charge in [-0.15, -0.1) is 0 Å². The zero-order valence-electron chi connectivity index (χ0n) is 10.0. The molecule has 0 saturated heterocycles. The van der Waals surface area contributed by atoms with Crippen molar-refractivity contribution in [3.63, 3.8) is 0 Å². The maximum Gasteiger partial charge on any atom is 0.263 e. The van der Waals surface area contributed by atoms with Crippen molar-refractivity contribution in [2.45, 2.75) is 13.3 Å². The highest BCUT2D eigenvalue weighted by atomic mass is 32.1. The molecule has 2 rings (SSSR count). The molecule has 0 aliphatic rings. The Morgan fingerprint density at radius 1 is 1.44 bits per heavy atom. The standard InChI is InChI=1S/C12H14N4OS/c1-2-5-14-11(17)10-8-15-12(18-10)16-9-4-3-6-13-7-9/h3-4,6-8H,2,5H2,1H3,(H,14,17)(H,15,16). The Bertz CT molecular complexity index is 512. The van der Waals surface area contributed by atoms with Crippen LogP contribution in [0.25, 0.3) is 0 Å². The third-order valence-electron chi connectivity index (χ3n) is 2.18. The lowest BCUT2D eigenvalue weighted by Crippen LogP contribution is -2.22. The van der Waals surface area contributed by atoms with Crippen LogP contribution in [0.5, 0.6) is 0 Å². The predicted octanol–water partition coefficient (Wildman–Crippen LogP) is 2.42. The number of nitrogens with one attached hydrogen (secondary N) is 2. The van der Waals surface area contributed by atoms with Crippen molar-refractivity contribution in [3.05, 3.63) is 35.6 Å². The molecule has 2 heterocycles. The van der Waals surface area contributed by atoms with E-state index in [2.05, 4.69) is 20.6 Å². The van der Waals surface area contributed by atoms with Gasteiger partial charge in [0.05, 0.1) is 18.1 Å². The lowest BCUT2D eigenvalue weighted by atomic mass is 10.4. The lowest BCUT2D eigenvalue weighted by Gasteiger charge is -2.00. The van der Waals surface area contributed by atoms with Crippen LogP contribution in [-0.2, 0) is 0 Å². The van der Waals surface area contributed by atoms with Crippen molar-refractivity contribution in [2.75, 3.05) is 11.9 Å². The summed E-state index contributed by atoms with van der Waals surface area (Å²) in [7, 11) is 0. The summed E-state index contributed by atoms with van der Waals surface area (Å²) < 4.78 is 0. The number of rotatable bonds is 5. The fraction of sp³-hybridized carbons (Fsp3) is 0.250. The Balaban J connectivity index is 2.00. The first-order valence-electron chi connectivity index (χ1n) is 5.70. The molecule has 18 heavy (non-hydrogen) atoms. The first-order valence-corrected chi connectivity index (χ1v) is 6.52. The van der Waals surface area contributed by atoms with E-state index in [1.165, 1.54) is 11.3 Å². The number of hydrogen-bond donors (Lipinski definition) is 2. The number of carbonyl (C=O) groups excluding carboxylic acids is 1. The Kier molecular flexibility index (Phi) is 4.25. The zero-order valence-corrected chi connectivity index (χ0v) is 10.8. The monoisotopic (exact) mass is 262 g/mol. The van der Waals surface area contributed by atoms with Crippen molar-refractivity contribution >= 4 is 28.1 Å². The zero-order chi connectivity index (χ0) is 12.8. The molecule has 0 aromatic carbocycles. The van der Waals surface area contributed by atoms with Gasteiger partial charge in [0.1, 0.15) is 4.88 Å². The van der Waals surface area contributed by atoms with Crippen LogP contribution < -0.4 is 10.6 Å². The molecule has 0 saturated carbocycles. The number of amides is 1. The maximum atomic E-state index is 11.7. The molecular formula is C12H14N4OS. The molecule has 0 bridgehead atoms. The molecule has 0 radical (unpaired) electrons. The van der Waals surface area contributed by atoms with Gasteiger partial charge in [-0.2, -0.15) is 0 Å². The molecule has 0 unspecified atom stereocenters. The first kappa shape index (κ1) is 12.5. The summed E-state index contributed by atoms with van der Waals surface area (Å²) in [6, 6.07) is 3.73. The molecule has 1 amide bonds. The minimum atomic E-state index is -0.0754. The van der Waals surface area contributed by atoms with Crippen molar-refractivity contribution in [1.29, 1.82) is 0 Å². The molecule has 0 atom stereocenters. The molecular weight excluding hydrogens is 248 g/mol. The SMILES string of the molecule is CCCNC(=O)c1cnc(Nc2cccnc2)s1. The van der Waals surface area contributed by atoms with E-state index in [9.17, 15) is 4.79 Å². The summed E-state index contributed by atoms with van der Waals surface area (Å²) >= 11 is 1.32. The minimum absolute atomic E-state index is 0.0754. The molecule has 2 aromatic rings. The number of carbonyl (C=O) groups is 1. The van der Waals surface area contributed by atoms with E-state index in [1.54, 1.807) is 18.6 Å². The molecule has 94 valence electrons. The van der Waals surface area contributed by atoms with E-state index < -0.39 is 0 Å². The smallest absolute Gasteiger partial charge is 0.263 e. The van der Waals surface area contributed by atoms with Crippen LogP contribution in [0, 0.1) is 0 Å². The third kappa shape index (κ3) is 3.27. The highest BCUT2D eigenvalue weighted by Gasteiger charge is 2.09. The van der Waals surface area contributed by atoms with Crippen molar-refractivity contribution in [2.24, 2.45) is 0 Å². The Morgan fingerprint density at radius 3 is 3.06 bits per heavy atom. The average Bonchev–Trinajstić information content (AvgIpc) is 2.86. The molecule has 2 N–H and O–H groups in total. The number of thiazole rings is 1. The first-order chi connectivity index (χ1) is 8.79. The van der Waals surface area contributed by atoms with Crippen LogP contribution in [0.2, 0.25) is 0 Å². The van der Waals surface area contributed by atoms with Crippen LogP contribution in [0.1, 0.15) is 23.0 Å². The van der Waals surface area contributed by atoms with E-state index in [0.29, 0.717) is 16.6 Å². The van der Waals surface area contributed by atoms with Crippen molar-refractivity contribution in [3.8, 4) is 0 Å². The summed E-state index contributed by atoms with van der Waals surface area (Å²) in [5, 5.41) is 6.60.